The first kappa shape index (κ1) is 14.6. The maximum atomic E-state index is 10.9. The third-order valence-electron chi connectivity index (χ3n) is 2.82. The lowest BCUT2D eigenvalue weighted by Crippen LogP contribution is -2.09. The van der Waals surface area contributed by atoms with Gasteiger partial charge in [0.05, 0.1) is 5.21 Å². The minimum absolute atomic E-state index is 0.0841. The molecule has 0 amide bonds. The second-order valence-electron chi connectivity index (χ2n) is 5.00. The number of hydrogen-bond acceptors (Lipinski definition) is 4. The summed E-state index contributed by atoms with van der Waals surface area (Å²) in [5.41, 5.74) is 0.659. The summed E-state index contributed by atoms with van der Waals surface area (Å²) in [5, 5.41) is 18.5. The number of hydrogen-bond donors (Lipinski definition) is 0. The first-order valence-electron chi connectivity index (χ1n) is 6.63. The van der Waals surface area contributed by atoms with Gasteiger partial charge in [0.15, 0.2) is 0 Å². The summed E-state index contributed by atoms with van der Waals surface area (Å²) in [7, 11) is 0. The molecule has 0 radical (unpaired) electrons. The SMILES string of the molecule is CCCCCCn1nnc([N+](=O)[O-])c1CC(C)C. The number of aromatic nitrogens is 3. The zero-order valence-electron chi connectivity index (χ0n) is 11.4. The zero-order valence-corrected chi connectivity index (χ0v) is 11.4. The highest BCUT2D eigenvalue weighted by atomic mass is 16.6. The van der Waals surface area contributed by atoms with Gasteiger partial charge in [0.2, 0.25) is 0 Å². The molecule has 6 nitrogen and oxygen atoms in total. The van der Waals surface area contributed by atoms with Crippen LogP contribution in [-0.2, 0) is 13.0 Å². The molecule has 1 rings (SSSR count). The van der Waals surface area contributed by atoms with E-state index in [1.165, 1.54) is 12.8 Å². The average Bonchev–Trinajstić information content (AvgIpc) is 2.67. The number of nitrogens with zero attached hydrogens (tertiary/aromatic N) is 4. The number of aryl methyl sites for hydroxylation is 1. The summed E-state index contributed by atoms with van der Waals surface area (Å²) in [6.45, 7) is 6.96. The molecule has 0 saturated carbocycles. The van der Waals surface area contributed by atoms with Gasteiger partial charge in [-0.1, -0.05) is 40.0 Å². The van der Waals surface area contributed by atoms with E-state index in [9.17, 15) is 10.1 Å². The van der Waals surface area contributed by atoms with Crippen molar-refractivity contribution in [1.29, 1.82) is 0 Å². The van der Waals surface area contributed by atoms with Crippen LogP contribution >= 0.6 is 0 Å². The first-order valence-corrected chi connectivity index (χ1v) is 6.63. The second kappa shape index (κ2) is 7.08. The Kier molecular flexibility index (Phi) is 5.74. The van der Waals surface area contributed by atoms with Gasteiger partial charge in [0.25, 0.3) is 0 Å². The molecule has 0 atom stereocenters. The molecule has 0 aliphatic carbocycles. The summed E-state index contributed by atoms with van der Waals surface area (Å²) < 4.78 is 1.70. The Balaban J connectivity index is 2.73. The highest BCUT2D eigenvalue weighted by molar-refractivity contribution is 5.24. The van der Waals surface area contributed by atoms with Crippen molar-refractivity contribution in [3.8, 4) is 0 Å². The lowest BCUT2D eigenvalue weighted by molar-refractivity contribution is -0.390. The van der Waals surface area contributed by atoms with Crippen LogP contribution in [0.25, 0.3) is 0 Å². The summed E-state index contributed by atoms with van der Waals surface area (Å²) >= 11 is 0. The van der Waals surface area contributed by atoms with Crippen molar-refractivity contribution in [2.45, 2.75) is 59.4 Å². The smallest absolute Gasteiger partial charge is 0.358 e. The molecule has 1 aromatic rings. The van der Waals surface area contributed by atoms with Crippen LogP contribution in [0.3, 0.4) is 0 Å². The third kappa shape index (κ3) is 4.09. The fourth-order valence-corrected chi connectivity index (χ4v) is 1.92. The number of rotatable bonds is 8. The van der Waals surface area contributed by atoms with Crippen molar-refractivity contribution < 1.29 is 4.92 Å². The predicted molar refractivity (Wildman–Crippen MR) is 69.4 cm³/mol. The van der Waals surface area contributed by atoms with E-state index >= 15 is 0 Å². The summed E-state index contributed by atoms with van der Waals surface area (Å²) in [5.74, 6) is 0.274. The molecule has 0 saturated heterocycles. The number of nitro groups is 1. The highest BCUT2D eigenvalue weighted by Gasteiger charge is 2.23. The molecule has 1 heterocycles. The maximum absolute atomic E-state index is 10.9. The van der Waals surface area contributed by atoms with Gasteiger partial charge >= 0.3 is 5.82 Å². The van der Waals surface area contributed by atoms with Crippen LogP contribution in [0, 0.1) is 16.0 Å². The van der Waals surface area contributed by atoms with E-state index in [0.29, 0.717) is 18.0 Å². The van der Waals surface area contributed by atoms with Gasteiger partial charge in [-0.15, -0.1) is 0 Å². The highest BCUT2D eigenvalue weighted by Crippen LogP contribution is 2.19. The van der Waals surface area contributed by atoms with Gasteiger partial charge in [-0.3, -0.25) is 0 Å². The molecule has 0 unspecified atom stereocenters. The molecule has 0 spiro atoms. The van der Waals surface area contributed by atoms with Crippen molar-refractivity contribution in [2.75, 3.05) is 0 Å². The normalized spacial score (nSPS) is 11.1. The Bertz CT molecular complexity index is 387. The zero-order chi connectivity index (χ0) is 13.5. The standard InChI is InChI=1S/C12H22N4O2/c1-4-5-6-7-8-15-11(9-10(2)3)12(13-14-15)16(17)18/h10H,4-9H2,1-3H3. The van der Waals surface area contributed by atoms with Crippen molar-refractivity contribution in [2.24, 2.45) is 5.92 Å². The minimum Gasteiger partial charge on any atom is -0.358 e. The molecule has 18 heavy (non-hydrogen) atoms. The molecule has 0 bridgehead atoms. The molecule has 6 heteroatoms. The van der Waals surface area contributed by atoms with Crippen molar-refractivity contribution in [3.05, 3.63) is 15.8 Å². The van der Waals surface area contributed by atoms with Crippen LogP contribution in [-0.4, -0.2) is 19.9 Å². The van der Waals surface area contributed by atoms with Crippen molar-refractivity contribution in [3.63, 3.8) is 0 Å². The van der Waals surface area contributed by atoms with E-state index in [-0.39, 0.29) is 5.82 Å². The second-order valence-corrected chi connectivity index (χ2v) is 5.00. The Morgan fingerprint density at radius 2 is 2.06 bits per heavy atom. The van der Waals surface area contributed by atoms with E-state index in [4.69, 9.17) is 0 Å². The first-order chi connectivity index (χ1) is 8.56. The molecule has 102 valence electrons. The largest absolute Gasteiger partial charge is 0.413 e. The van der Waals surface area contributed by atoms with Crippen LogP contribution in [0.4, 0.5) is 5.82 Å². The summed E-state index contributed by atoms with van der Waals surface area (Å²) in [4.78, 5) is 10.4. The fourth-order valence-electron chi connectivity index (χ4n) is 1.92. The van der Waals surface area contributed by atoms with Crippen LogP contribution < -0.4 is 0 Å². The molecular weight excluding hydrogens is 232 g/mol. The molecule has 0 fully saturated rings. The van der Waals surface area contributed by atoms with Gasteiger partial charge in [0, 0.05) is 13.0 Å². The van der Waals surface area contributed by atoms with E-state index < -0.39 is 4.92 Å². The topological polar surface area (TPSA) is 73.8 Å². The molecule has 0 aromatic carbocycles. The average molecular weight is 254 g/mol. The van der Waals surface area contributed by atoms with Crippen LogP contribution in [0.15, 0.2) is 0 Å². The predicted octanol–water partition coefficient (Wildman–Crippen LogP) is 2.97. The Labute approximate surface area is 108 Å². The van der Waals surface area contributed by atoms with Crippen molar-refractivity contribution in [1.82, 2.24) is 15.0 Å². The summed E-state index contributed by atoms with van der Waals surface area (Å²) in [6.07, 6.45) is 5.15. The van der Waals surface area contributed by atoms with E-state index in [0.717, 1.165) is 19.4 Å². The minimum atomic E-state index is -0.437. The van der Waals surface area contributed by atoms with Gasteiger partial charge in [-0.05, 0) is 17.3 Å². The maximum Gasteiger partial charge on any atom is 0.413 e. The van der Waals surface area contributed by atoms with Crippen LogP contribution in [0.2, 0.25) is 0 Å². The molecule has 0 aliphatic heterocycles. The lowest BCUT2D eigenvalue weighted by Gasteiger charge is -2.06. The van der Waals surface area contributed by atoms with Crippen molar-refractivity contribution >= 4 is 5.82 Å². The quantitative estimate of drug-likeness (QED) is 0.406. The van der Waals surface area contributed by atoms with Gasteiger partial charge in [-0.2, -0.15) is 0 Å². The molecule has 1 aromatic heterocycles. The van der Waals surface area contributed by atoms with E-state index in [1.807, 2.05) is 13.8 Å². The Morgan fingerprint density at radius 3 is 2.61 bits per heavy atom. The third-order valence-corrected chi connectivity index (χ3v) is 2.82. The monoisotopic (exact) mass is 254 g/mol. The van der Waals surface area contributed by atoms with Gasteiger partial charge in [0.1, 0.15) is 10.8 Å². The van der Waals surface area contributed by atoms with E-state index in [2.05, 4.69) is 17.2 Å². The van der Waals surface area contributed by atoms with Gasteiger partial charge in [-0.25, -0.2) is 4.68 Å². The van der Waals surface area contributed by atoms with E-state index in [1.54, 1.807) is 4.68 Å². The van der Waals surface area contributed by atoms with Crippen LogP contribution in [0.1, 0.15) is 52.1 Å². The Morgan fingerprint density at radius 1 is 1.33 bits per heavy atom. The molecule has 0 N–H and O–H groups in total. The molecule has 0 aliphatic rings. The lowest BCUT2D eigenvalue weighted by atomic mass is 10.1. The van der Waals surface area contributed by atoms with Gasteiger partial charge < -0.3 is 10.1 Å². The fraction of sp³-hybridized carbons (Fsp3) is 0.833. The van der Waals surface area contributed by atoms with Crippen LogP contribution in [0.5, 0.6) is 0 Å². The summed E-state index contributed by atoms with van der Waals surface area (Å²) in [6, 6.07) is 0. The number of unbranched alkanes of at least 4 members (excludes halogenated alkanes) is 3. The Hall–Kier alpha value is -1.46. The molecular formula is C12H22N4O2.